The highest BCUT2D eigenvalue weighted by atomic mass is 15.0. The maximum atomic E-state index is 7.20. The van der Waals surface area contributed by atoms with E-state index in [1.165, 1.54) is 6.21 Å². The summed E-state index contributed by atoms with van der Waals surface area (Å²) < 4.78 is 1.98. The molecule has 1 aromatic heterocycles. The lowest BCUT2D eigenvalue weighted by molar-refractivity contribution is 1.07. The van der Waals surface area contributed by atoms with Gasteiger partial charge in [0.25, 0.3) is 0 Å². The van der Waals surface area contributed by atoms with Crippen LogP contribution in [-0.4, -0.2) is 10.8 Å². The molecule has 1 aromatic carbocycles. The fourth-order valence-corrected chi connectivity index (χ4v) is 1.34. The van der Waals surface area contributed by atoms with Crippen molar-refractivity contribution in [3.8, 4) is 5.69 Å². The van der Waals surface area contributed by atoms with E-state index in [2.05, 4.69) is 0 Å². The Morgan fingerprint density at radius 2 is 1.77 bits per heavy atom. The third-order valence-electron chi connectivity index (χ3n) is 1.96. The molecule has 0 aliphatic carbocycles. The fourth-order valence-electron chi connectivity index (χ4n) is 1.34. The van der Waals surface area contributed by atoms with Gasteiger partial charge in [0.05, 0.1) is 5.69 Å². The van der Waals surface area contributed by atoms with Crippen LogP contribution >= 0.6 is 0 Å². The second-order valence-corrected chi connectivity index (χ2v) is 2.78. The van der Waals surface area contributed by atoms with Gasteiger partial charge < -0.3 is 9.98 Å². The number of nitrogens with zero attached hydrogens (tertiary/aromatic N) is 1. The Kier molecular flexibility index (Phi) is 1.96. The van der Waals surface area contributed by atoms with Gasteiger partial charge >= 0.3 is 0 Å². The summed E-state index contributed by atoms with van der Waals surface area (Å²) in [7, 11) is 0. The van der Waals surface area contributed by atoms with Gasteiger partial charge in [0.1, 0.15) is 0 Å². The monoisotopic (exact) mass is 170 g/mol. The van der Waals surface area contributed by atoms with Gasteiger partial charge in [-0.1, -0.05) is 18.2 Å². The fraction of sp³-hybridized carbons (Fsp3) is 0. The molecule has 2 aromatic rings. The van der Waals surface area contributed by atoms with Crippen LogP contribution in [0, 0.1) is 5.41 Å². The molecule has 2 nitrogen and oxygen atoms in total. The molecule has 1 heterocycles. The van der Waals surface area contributed by atoms with Gasteiger partial charge in [-0.05, 0) is 24.3 Å². The molecule has 0 radical (unpaired) electrons. The topological polar surface area (TPSA) is 28.8 Å². The van der Waals surface area contributed by atoms with Crippen LogP contribution in [0.4, 0.5) is 0 Å². The van der Waals surface area contributed by atoms with Gasteiger partial charge in [-0.3, -0.25) is 0 Å². The second kappa shape index (κ2) is 3.27. The molecule has 0 aliphatic heterocycles. The standard InChI is InChI=1S/C11H10N2/c12-9-11-7-4-8-13(11)10-5-2-1-3-6-10/h1-9,12H. The molecule has 0 aliphatic rings. The zero-order chi connectivity index (χ0) is 9.10. The molecule has 0 unspecified atom stereocenters. The van der Waals surface area contributed by atoms with Crippen molar-refractivity contribution < 1.29 is 0 Å². The van der Waals surface area contributed by atoms with Crippen molar-refractivity contribution in [2.24, 2.45) is 0 Å². The third-order valence-corrected chi connectivity index (χ3v) is 1.96. The van der Waals surface area contributed by atoms with E-state index >= 15 is 0 Å². The minimum Gasteiger partial charge on any atom is -0.316 e. The van der Waals surface area contributed by atoms with Crippen LogP contribution in [0.2, 0.25) is 0 Å². The summed E-state index contributed by atoms with van der Waals surface area (Å²) >= 11 is 0. The number of hydrogen-bond acceptors (Lipinski definition) is 1. The summed E-state index contributed by atoms with van der Waals surface area (Å²) in [6.07, 6.45) is 3.31. The third kappa shape index (κ3) is 1.38. The molecule has 0 saturated carbocycles. The van der Waals surface area contributed by atoms with E-state index in [4.69, 9.17) is 5.41 Å². The van der Waals surface area contributed by atoms with Crippen LogP contribution in [0.5, 0.6) is 0 Å². The van der Waals surface area contributed by atoms with E-state index in [-0.39, 0.29) is 0 Å². The van der Waals surface area contributed by atoms with Crippen molar-refractivity contribution in [2.75, 3.05) is 0 Å². The Labute approximate surface area is 77.0 Å². The molecule has 0 bridgehead atoms. The lowest BCUT2D eigenvalue weighted by Crippen LogP contribution is -1.96. The first-order chi connectivity index (χ1) is 6.42. The van der Waals surface area contributed by atoms with Crippen LogP contribution in [0.3, 0.4) is 0 Å². The van der Waals surface area contributed by atoms with Gasteiger partial charge in [-0.25, -0.2) is 0 Å². The van der Waals surface area contributed by atoms with Gasteiger partial charge in [0, 0.05) is 18.1 Å². The van der Waals surface area contributed by atoms with Crippen LogP contribution < -0.4 is 0 Å². The van der Waals surface area contributed by atoms with Crippen molar-refractivity contribution in [1.82, 2.24) is 4.57 Å². The van der Waals surface area contributed by atoms with Crippen LogP contribution in [-0.2, 0) is 0 Å². The van der Waals surface area contributed by atoms with Crippen molar-refractivity contribution >= 4 is 6.21 Å². The number of rotatable bonds is 2. The first kappa shape index (κ1) is 7.80. The summed E-state index contributed by atoms with van der Waals surface area (Å²) in [5.74, 6) is 0. The molecule has 0 amide bonds. The normalized spacial score (nSPS) is 9.85. The molecule has 0 atom stereocenters. The zero-order valence-corrected chi connectivity index (χ0v) is 7.14. The van der Waals surface area contributed by atoms with E-state index in [0.29, 0.717) is 0 Å². The molecular weight excluding hydrogens is 160 g/mol. The van der Waals surface area contributed by atoms with Gasteiger partial charge in [0.2, 0.25) is 0 Å². The largest absolute Gasteiger partial charge is 0.316 e. The Hall–Kier alpha value is -1.83. The maximum absolute atomic E-state index is 7.20. The Balaban J connectivity index is 2.52. The maximum Gasteiger partial charge on any atom is 0.0631 e. The minimum atomic E-state index is 0.895. The molecule has 1 N–H and O–H groups in total. The quantitative estimate of drug-likeness (QED) is 0.671. The SMILES string of the molecule is N=Cc1cccn1-c1ccccc1. The average molecular weight is 170 g/mol. The van der Waals surface area contributed by atoms with Gasteiger partial charge in [-0.15, -0.1) is 0 Å². The van der Waals surface area contributed by atoms with E-state index in [0.717, 1.165) is 11.4 Å². The Morgan fingerprint density at radius 3 is 2.46 bits per heavy atom. The molecule has 13 heavy (non-hydrogen) atoms. The predicted molar refractivity (Wildman–Crippen MR) is 53.7 cm³/mol. The number of nitrogens with one attached hydrogen (secondary N) is 1. The van der Waals surface area contributed by atoms with Crippen molar-refractivity contribution in [3.05, 3.63) is 54.4 Å². The molecule has 0 fully saturated rings. The van der Waals surface area contributed by atoms with Crippen molar-refractivity contribution in [3.63, 3.8) is 0 Å². The second-order valence-electron chi connectivity index (χ2n) is 2.78. The lowest BCUT2D eigenvalue weighted by atomic mass is 10.3. The van der Waals surface area contributed by atoms with Gasteiger partial charge in [0.15, 0.2) is 0 Å². The highest BCUT2D eigenvalue weighted by molar-refractivity contribution is 5.75. The van der Waals surface area contributed by atoms with Crippen molar-refractivity contribution in [1.29, 1.82) is 5.41 Å². The Morgan fingerprint density at radius 1 is 1.00 bits per heavy atom. The van der Waals surface area contributed by atoms with Gasteiger partial charge in [-0.2, -0.15) is 0 Å². The van der Waals surface area contributed by atoms with E-state index in [9.17, 15) is 0 Å². The number of hydrogen-bond donors (Lipinski definition) is 1. The van der Waals surface area contributed by atoms with Crippen LogP contribution in [0.25, 0.3) is 5.69 Å². The summed E-state index contributed by atoms with van der Waals surface area (Å²) in [5, 5.41) is 7.20. The molecule has 64 valence electrons. The molecule has 0 spiro atoms. The molecule has 0 saturated heterocycles. The molecule has 2 rings (SSSR count). The molecular formula is C11H10N2. The average Bonchev–Trinajstić information content (AvgIpc) is 2.67. The smallest absolute Gasteiger partial charge is 0.0631 e. The summed E-state index contributed by atoms with van der Waals surface area (Å²) in [6, 6.07) is 13.9. The summed E-state index contributed by atoms with van der Waals surface area (Å²) in [5.41, 5.74) is 1.98. The van der Waals surface area contributed by atoms with Crippen LogP contribution in [0.15, 0.2) is 48.7 Å². The van der Waals surface area contributed by atoms with Crippen LogP contribution in [0.1, 0.15) is 5.69 Å². The first-order valence-corrected chi connectivity index (χ1v) is 4.15. The number of benzene rings is 1. The highest BCUT2D eigenvalue weighted by Crippen LogP contribution is 2.10. The zero-order valence-electron chi connectivity index (χ0n) is 7.14. The lowest BCUT2D eigenvalue weighted by Gasteiger charge is -2.04. The predicted octanol–water partition coefficient (Wildman–Crippen LogP) is 2.47. The highest BCUT2D eigenvalue weighted by Gasteiger charge is 1.98. The summed E-state index contributed by atoms with van der Waals surface area (Å²) in [6.45, 7) is 0. The number of aromatic nitrogens is 1. The van der Waals surface area contributed by atoms with E-state index in [1.54, 1.807) is 0 Å². The molecule has 2 heteroatoms. The first-order valence-electron chi connectivity index (χ1n) is 4.15. The van der Waals surface area contributed by atoms with E-state index in [1.807, 2.05) is 53.2 Å². The van der Waals surface area contributed by atoms with E-state index < -0.39 is 0 Å². The number of para-hydroxylation sites is 1. The summed E-state index contributed by atoms with van der Waals surface area (Å²) in [4.78, 5) is 0. The Bertz CT molecular complexity index is 401. The van der Waals surface area contributed by atoms with Crippen molar-refractivity contribution in [2.45, 2.75) is 0 Å². The minimum absolute atomic E-state index is 0.895.